The fourth-order valence-corrected chi connectivity index (χ4v) is 2.01. The van der Waals surface area contributed by atoms with Crippen molar-refractivity contribution in [3.05, 3.63) is 71.8 Å². The van der Waals surface area contributed by atoms with Gasteiger partial charge in [0.1, 0.15) is 6.10 Å². The Bertz CT molecular complexity index is 433. The third-order valence-electron chi connectivity index (χ3n) is 2.89. The molecule has 0 spiro atoms. The Labute approximate surface area is 119 Å². The van der Waals surface area contributed by atoms with Crippen LogP contribution in [0.1, 0.15) is 17.2 Å². The van der Waals surface area contributed by atoms with Gasteiger partial charge in [-0.25, -0.2) is 4.42 Å². The fourth-order valence-electron chi connectivity index (χ4n) is 1.94. The van der Waals surface area contributed by atoms with E-state index in [4.69, 9.17) is 16.5 Å². The van der Waals surface area contributed by atoms with E-state index in [1.807, 2.05) is 43.4 Å². The predicted octanol–water partition coefficient (Wildman–Crippen LogP) is 3.88. The Morgan fingerprint density at radius 1 is 0.947 bits per heavy atom. The van der Waals surface area contributed by atoms with E-state index >= 15 is 0 Å². The van der Waals surface area contributed by atoms with Crippen molar-refractivity contribution >= 4 is 11.8 Å². The second kappa shape index (κ2) is 7.29. The summed E-state index contributed by atoms with van der Waals surface area (Å²) in [6.45, 7) is 1.28. The number of likely N-dealkylation sites (N-methyl/N-ethyl adjacent to an activating group) is 1. The van der Waals surface area contributed by atoms with Gasteiger partial charge < -0.3 is 4.74 Å². The number of ether oxygens (including phenoxy) is 1. The van der Waals surface area contributed by atoms with Crippen molar-refractivity contribution in [2.75, 3.05) is 20.2 Å². The van der Waals surface area contributed by atoms with Crippen molar-refractivity contribution in [2.24, 2.45) is 0 Å². The van der Waals surface area contributed by atoms with Gasteiger partial charge in [-0.1, -0.05) is 60.7 Å². The predicted molar refractivity (Wildman–Crippen MR) is 79.2 cm³/mol. The van der Waals surface area contributed by atoms with Crippen LogP contribution in [0.15, 0.2) is 60.7 Å². The van der Waals surface area contributed by atoms with E-state index in [-0.39, 0.29) is 6.10 Å². The van der Waals surface area contributed by atoms with E-state index in [1.54, 1.807) is 4.42 Å². The maximum atomic E-state index is 6.00. The normalized spacial score (nSPS) is 11.2. The number of hydrogen-bond donors (Lipinski definition) is 0. The first-order valence-electron chi connectivity index (χ1n) is 6.36. The van der Waals surface area contributed by atoms with Gasteiger partial charge in [0.2, 0.25) is 0 Å². The number of rotatable bonds is 6. The zero-order valence-corrected chi connectivity index (χ0v) is 11.8. The molecule has 0 atom stereocenters. The zero-order valence-electron chi connectivity index (χ0n) is 11.0. The number of hydrogen-bond acceptors (Lipinski definition) is 2. The van der Waals surface area contributed by atoms with Crippen molar-refractivity contribution in [3.63, 3.8) is 0 Å². The molecule has 3 heteroatoms. The van der Waals surface area contributed by atoms with E-state index in [0.717, 1.165) is 11.1 Å². The SMILES string of the molecule is CN(Cl)CCOC(c1ccccc1)c1ccccc1. The van der Waals surface area contributed by atoms with Gasteiger partial charge in [-0.05, 0) is 22.9 Å². The summed E-state index contributed by atoms with van der Waals surface area (Å²) in [5, 5.41) is 0. The summed E-state index contributed by atoms with van der Waals surface area (Å²) < 4.78 is 7.60. The Morgan fingerprint density at radius 3 is 1.84 bits per heavy atom. The molecule has 2 nitrogen and oxygen atoms in total. The molecule has 0 radical (unpaired) electrons. The van der Waals surface area contributed by atoms with Crippen LogP contribution >= 0.6 is 11.8 Å². The fraction of sp³-hybridized carbons (Fsp3) is 0.250. The van der Waals surface area contributed by atoms with Gasteiger partial charge in [0.05, 0.1) is 6.61 Å². The lowest BCUT2D eigenvalue weighted by molar-refractivity contribution is 0.0751. The van der Waals surface area contributed by atoms with Crippen LogP contribution in [-0.2, 0) is 4.74 Å². The summed E-state index contributed by atoms with van der Waals surface area (Å²) in [5.74, 6) is 0. The van der Waals surface area contributed by atoms with E-state index in [0.29, 0.717) is 13.2 Å². The van der Waals surface area contributed by atoms with E-state index in [9.17, 15) is 0 Å². The lowest BCUT2D eigenvalue weighted by Gasteiger charge is -2.19. The largest absolute Gasteiger partial charge is 0.367 e. The van der Waals surface area contributed by atoms with Gasteiger partial charge in [-0.2, -0.15) is 0 Å². The Kier molecular flexibility index (Phi) is 5.40. The van der Waals surface area contributed by atoms with Crippen LogP contribution in [0, 0.1) is 0 Å². The number of halogens is 1. The van der Waals surface area contributed by atoms with Crippen LogP contribution in [-0.4, -0.2) is 24.6 Å². The molecular weight excluding hydrogens is 258 g/mol. The molecule has 0 fully saturated rings. The summed E-state index contributed by atoms with van der Waals surface area (Å²) in [7, 11) is 1.82. The molecule has 2 aromatic carbocycles. The summed E-state index contributed by atoms with van der Waals surface area (Å²) in [6.07, 6.45) is -0.0426. The molecule has 0 aliphatic rings. The van der Waals surface area contributed by atoms with Crippen molar-refractivity contribution < 1.29 is 4.74 Å². The highest BCUT2D eigenvalue weighted by Crippen LogP contribution is 2.25. The van der Waals surface area contributed by atoms with Crippen LogP contribution in [0.25, 0.3) is 0 Å². The molecule has 0 saturated heterocycles. The molecular formula is C16H18ClNO. The van der Waals surface area contributed by atoms with Gasteiger partial charge >= 0.3 is 0 Å². The lowest BCUT2D eigenvalue weighted by atomic mass is 10.0. The number of nitrogens with zero attached hydrogens (tertiary/aromatic N) is 1. The molecule has 0 aliphatic carbocycles. The van der Waals surface area contributed by atoms with Gasteiger partial charge in [0.15, 0.2) is 0 Å². The average molecular weight is 276 g/mol. The van der Waals surface area contributed by atoms with Crippen molar-refractivity contribution in [1.29, 1.82) is 0 Å². The van der Waals surface area contributed by atoms with E-state index < -0.39 is 0 Å². The molecule has 0 bridgehead atoms. The van der Waals surface area contributed by atoms with Crippen molar-refractivity contribution in [3.8, 4) is 0 Å². The Morgan fingerprint density at radius 2 is 1.42 bits per heavy atom. The minimum atomic E-state index is -0.0426. The number of benzene rings is 2. The monoisotopic (exact) mass is 275 g/mol. The quantitative estimate of drug-likeness (QED) is 0.742. The molecule has 19 heavy (non-hydrogen) atoms. The topological polar surface area (TPSA) is 12.5 Å². The van der Waals surface area contributed by atoms with Crippen LogP contribution in [0.3, 0.4) is 0 Å². The van der Waals surface area contributed by atoms with Gasteiger partial charge in [0, 0.05) is 13.6 Å². The van der Waals surface area contributed by atoms with Crippen LogP contribution in [0.2, 0.25) is 0 Å². The first kappa shape index (κ1) is 14.1. The highest BCUT2D eigenvalue weighted by molar-refractivity contribution is 6.13. The zero-order chi connectivity index (χ0) is 13.5. The van der Waals surface area contributed by atoms with Crippen molar-refractivity contribution in [1.82, 2.24) is 4.42 Å². The molecule has 0 saturated carbocycles. The van der Waals surface area contributed by atoms with E-state index in [1.165, 1.54) is 0 Å². The maximum absolute atomic E-state index is 6.00. The molecule has 0 N–H and O–H groups in total. The van der Waals surface area contributed by atoms with Crippen LogP contribution < -0.4 is 0 Å². The highest BCUT2D eigenvalue weighted by Gasteiger charge is 2.14. The second-order valence-electron chi connectivity index (χ2n) is 4.40. The first-order chi connectivity index (χ1) is 9.27. The lowest BCUT2D eigenvalue weighted by Crippen LogP contribution is -2.16. The molecule has 0 unspecified atom stereocenters. The molecule has 2 rings (SSSR count). The summed E-state index contributed by atoms with van der Waals surface area (Å²) in [6, 6.07) is 20.5. The third-order valence-corrected chi connectivity index (χ3v) is 3.06. The molecule has 0 aliphatic heterocycles. The minimum Gasteiger partial charge on any atom is -0.367 e. The summed E-state index contributed by atoms with van der Waals surface area (Å²) in [5.41, 5.74) is 2.32. The van der Waals surface area contributed by atoms with Gasteiger partial charge in [-0.3, -0.25) is 0 Å². The summed E-state index contributed by atoms with van der Waals surface area (Å²) >= 11 is 5.81. The average Bonchev–Trinajstić information content (AvgIpc) is 2.45. The molecule has 0 heterocycles. The second-order valence-corrected chi connectivity index (χ2v) is 4.98. The maximum Gasteiger partial charge on any atom is 0.108 e. The summed E-state index contributed by atoms with van der Waals surface area (Å²) in [4.78, 5) is 0. The smallest absolute Gasteiger partial charge is 0.108 e. The van der Waals surface area contributed by atoms with Crippen LogP contribution in [0.5, 0.6) is 0 Å². The van der Waals surface area contributed by atoms with Crippen molar-refractivity contribution in [2.45, 2.75) is 6.10 Å². The first-order valence-corrected chi connectivity index (χ1v) is 6.69. The Balaban J connectivity index is 2.14. The minimum absolute atomic E-state index is 0.0426. The highest BCUT2D eigenvalue weighted by atomic mass is 35.5. The van der Waals surface area contributed by atoms with Gasteiger partial charge in [0.25, 0.3) is 0 Å². The molecule has 0 amide bonds. The molecule has 100 valence electrons. The standard InChI is InChI=1S/C16H18ClNO/c1-18(17)12-13-19-16(14-8-4-2-5-9-14)15-10-6-3-7-11-15/h2-11,16H,12-13H2,1H3. The van der Waals surface area contributed by atoms with Gasteiger partial charge in [-0.15, -0.1) is 0 Å². The molecule has 0 aromatic heterocycles. The molecule has 2 aromatic rings. The third kappa shape index (κ3) is 4.35. The Hall–Kier alpha value is -1.35. The van der Waals surface area contributed by atoms with Crippen LogP contribution in [0.4, 0.5) is 0 Å². The van der Waals surface area contributed by atoms with E-state index in [2.05, 4.69) is 24.3 Å².